The van der Waals surface area contributed by atoms with Gasteiger partial charge in [-0.1, -0.05) is 12.1 Å². The summed E-state index contributed by atoms with van der Waals surface area (Å²) in [6.45, 7) is 3.29. The van der Waals surface area contributed by atoms with Crippen LogP contribution in [0, 0.1) is 11.8 Å². The molecule has 1 aromatic rings. The highest BCUT2D eigenvalue weighted by molar-refractivity contribution is 5.98. The molecular formula is C15H19NO2. The number of fused-ring (bicyclic) bond motifs is 3. The zero-order chi connectivity index (χ0) is 12.5. The molecule has 0 aliphatic carbocycles. The van der Waals surface area contributed by atoms with Crippen molar-refractivity contribution in [2.45, 2.75) is 12.8 Å². The standard InChI is InChI=1S/C15H19NO2/c1-18-13-4-2-3-12(9-13)15(17)14-10-16-7-5-11(14)6-8-16/h2-4,9,11,14H,5-8,10H2,1H3. The second-order valence-corrected chi connectivity index (χ2v) is 5.34. The quantitative estimate of drug-likeness (QED) is 0.765. The zero-order valence-corrected chi connectivity index (χ0v) is 10.8. The van der Waals surface area contributed by atoms with Crippen LogP contribution in [0.4, 0.5) is 0 Å². The summed E-state index contributed by atoms with van der Waals surface area (Å²) in [7, 11) is 1.64. The maximum absolute atomic E-state index is 12.6. The molecule has 3 heteroatoms. The van der Waals surface area contributed by atoms with E-state index >= 15 is 0 Å². The second kappa shape index (κ2) is 4.73. The first kappa shape index (κ1) is 11.7. The third-order valence-electron chi connectivity index (χ3n) is 4.35. The van der Waals surface area contributed by atoms with Gasteiger partial charge in [0.1, 0.15) is 5.75 Å². The monoisotopic (exact) mass is 245 g/mol. The fraction of sp³-hybridized carbons (Fsp3) is 0.533. The number of benzene rings is 1. The Morgan fingerprint density at radius 2 is 2.11 bits per heavy atom. The number of carbonyl (C=O) groups excluding carboxylic acids is 1. The molecule has 0 amide bonds. The Hall–Kier alpha value is -1.35. The molecule has 0 spiro atoms. The summed E-state index contributed by atoms with van der Waals surface area (Å²) in [5, 5.41) is 0. The number of carbonyl (C=O) groups is 1. The van der Waals surface area contributed by atoms with Crippen molar-refractivity contribution >= 4 is 5.78 Å². The minimum atomic E-state index is 0.194. The van der Waals surface area contributed by atoms with Gasteiger partial charge in [-0.3, -0.25) is 4.79 Å². The Kier molecular flexibility index (Phi) is 3.08. The Labute approximate surface area is 108 Å². The molecule has 1 aromatic carbocycles. The van der Waals surface area contributed by atoms with Gasteiger partial charge in [0.15, 0.2) is 5.78 Å². The average Bonchev–Trinajstić information content (AvgIpc) is 2.47. The van der Waals surface area contributed by atoms with E-state index in [2.05, 4.69) is 4.90 Å². The Balaban J connectivity index is 1.81. The Morgan fingerprint density at radius 1 is 1.33 bits per heavy atom. The number of nitrogens with zero attached hydrogens (tertiary/aromatic N) is 1. The molecule has 3 aliphatic heterocycles. The van der Waals surface area contributed by atoms with Crippen LogP contribution in [0.5, 0.6) is 5.75 Å². The maximum Gasteiger partial charge on any atom is 0.167 e. The highest BCUT2D eigenvalue weighted by Crippen LogP contribution is 2.34. The molecule has 1 atom stereocenters. The van der Waals surface area contributed by atoms with E-state index in [9.17, 15) is 4.79 Å². The molecule has 1 unspecified atom stereocenters. The zero-order valence-electron chi connectivity index (χ0n) is 10.8. The molecule has 0 saturated carbocycles. The van der Waals surface area contributed by atoms with Crippen LogP contribution in [0.3, 0.4) is 0 Å². The molecule has 3 nitrogen and oxygen atoms in total. The summed E-state index contributed by atoms with van der Waals surface area (Å²) in [6, 6.07) is 7.54. The SMILES string of the molecule is COc1cccc(C(=O)C2CN3CCC2CC3)c1. The van der Waals surface area contributed by atoms with E-state index in [0.29, 0.717) is 11.7 Å². The topological polar surface area (TPSA) is 29.5 Å². The predicted octanol–water partition coefficient (Wildman–Crippen LogP) is 2.22. The van der Waals surface area contributed by atoms with Gasteiger partial charge in [-0.25, -0.2) is 0 Å². The van der Waals surface area contributed by atoms with Crippen LogP contribution in [-0.4, -0.2) is 37.4 Å². The van der Waals surface area contributed by atoms with Crippen LogP contribution in [0.2, 0.25) is 0 Å². The second-order valence-electron chi connectivity index (χ2n) is 5.34. The summed E-state index contributed by atoms with van der Waals surface area (Å²) in [5.41, 5.74) is 0.799. The highest BCUT2D eigenvalue weighted by Gasteiger charge is 2.38. The number of rotatable bonds is 3. The van der Waals surface area contributed by atoms with Gasteiger partial charge >= 0.3 is 0 Å². The average molecular weight is 245 g/mol. The summed E-state index contributed by atoms with van der Waals surface area (Å²) in [5.74, 6) is 1.85. The normalized spacial score (nSPS) is 30.2. The number of hydrogen-bond acceptors (Lipinski definition) is 3. The van der Waals surface area contributed by atoms with E-state index in [1.807, 2.05) is 24.3 Å². The first-order valence-electron chi connectivity index (χ1n) is 6.68. The summed E-state index contributed by atoms with van der Waals surface area (Å²) in [4.78, 5) is 15.0. The number of ketones is 1. The molecule has 3 fully saturated rings. The predicted molar refractivity (Wildman–Crippen MR) is 70.0 cm³/mol. The van der Waals surface area contributed by atoms with Crippen molar-refractivity contribution in [3.05, 3.63) is 29.8 Å². The molecule has 0 N–H and O–H groups in total. The van der Waals surface area contributed by atoms with E-state index in [1.54, 1.807) is 7.11 Å². The Morgan fingerprint density at radius 3 is 2.72 bits per heavy atom. The Bertz CT molecular complexity index is 450. The smallest absolute Gasteiger partial charge is 0.167 e. The molecule has 18 heavy (non-hydrogen) atoms. The molecule has 0 aromatic heterocycles. The van der Waals surface area contributed by atoms with Crippen LogP contribution in [0.25, 0.3) is 0 Å². The maximum atomic E-state index is 12.6. The van der Waals surface area contributed by atoms with Crippen molar-refractivity contribution in [2.24, 2.45) is 11.8 Å². The third-order valence-corrected chi connectivity index (χ3v) is 4.35. The van der Waals surface area contributed by atoms with E-state index in [1.165, 1.54) is 25.9 Å². The van der Waals surface area contributed by atoms with Crippen molar-refractivity contribution in [1.82, 2.24) is 4.90 Å². The lowest BCUT2D eigenvalue weighted by atomic mass is 9.75. The van der Waals surface area contributed by atoms with E-state index in [4.69, 9.17) is 4.74 Å². The fourth-order valence-corrected chi connectivity index (χ4v) is 3.25. The van der Waals surface area contributed by atoms with E-state index in [-0.39, 0.29) is 5.92 Å². The van der Waals surface area contributed by atoms with Crippen molar-refractivity contribution < 1.29 is 9.53 Å². The van der Waals surface area contributed by atoms with Crippen molar-refractivity contribution in [3.8, 4) is 5.75 Å². The van der Waals surface area contributed by atoms with Gasteiger partial charge in [-0.2, -0.15) is 0 Å². The minimum absolute atomic E-state index is 0.194. The molecule has 3 heterocycles. The molecule has 0 radical (unpaired) electrons. The van der Waals surface area contributed by atoms with Crippen LogP contribution >= 0.6 is 0 Å². The van der Waals surface area contributed by atoms with Crippen LogP contribution in [-0.2, 0) is 0 Å². The third kappa shape index (κ3) is 2.03. The van der Waals surface area contributed by atoms with Crippen LogP contribution < -0.4 is 4.74 Å². The van der Waals surface area contributed by atoms with Gasteiger partial charge in [-0.05, 0) is 44.0 Å². The van der Waals surface area contributed by atoms with Gasteiger partial charge < -0.3 is 9.64 Å². The van der Waals surface area contributed by atoms with E-state index < -0.39 is 0 Å². The minimum Gasteiger partial charge on any atom is -0.497 e. The van der Waals surface area contributed by atoms with Crippen LogP contribution in [0.15, 0.2) is 24.3 Å². The van der Waals surface area contributed by atoms with Crippen molar-refractivity contribution in [3.63, 3.8) is 0 Å². The molecule has 2 bridgehead atoms. The lowest BCUT2D eigenvalue weighted by molar-refractivity contribution is 0.0418. The lowest BCUT2D eigenvalue weighted by Gasteiger charge is -2.44. The highest BCUT2D eigenvalue weighted by atomic mass is 16.5. The number of piperidine rings is 3. The summed E-state index contributed by atoms with van der Waals surface area (Å²) in [6.07, 6.45) is 2.36. The molecule has 96 valence electrons. The molecule has 3 aliphatic rings. The van der Waals surface area contributed by atoms with Gasteiger partial charge in [0.25, 0.3) is 0 Å². The summed E-state index contributed by atoms with van der Waals surface area (Å²) < 4.78 is 5.19. The van der Waals surface area contributed by atoms with Crippen molar-refractivity contribution in [2.75, 3.05) is 26.7 Å². The largest absolute Gasteiger partial charge is 0.497 e. The fourth-order valence-electron chi connectivity index (χ4n) is 3.25. The van der Waals surface area contributed by atoms with Gasteiger partial charge in [-0.15, -0.1) is 0 Å². The van der Waals surface area contributed by atoms with Gasteiger partial charge in [0.2, 0.25) is 0 Å². The van der Waals surface area contributed by atoms with Gasteiger partial charge in [0, 0.05) is 18.0 Å². The molecular weight excluding hydrogens is 226 g/mol. The number of Topliss-reactive ketones (excluding diaryl/α,β-unsaturated/α-hetero) is 1. The summed E-state index contributed by atoms with van der Waals surface area (Å²) >= 11 is 0. The molecule has 4 rings (SSSR count). The number of methoxy groups -OCH3 is 1. The number of hydrogen-bond donors (Lipinski definition) is 0. The van der Waals surface area contributed by atoms with E-state index in [0.717, 1.165) is 17.9 Å². The molecule has 3 saturated heterocycles. The first-order chi connectivity index (χ1) is 8.78. The lowest BCUT2D eigenvalue weighted by Crippen LogP contribution is -2.50. The van der Waals surface area contributed by atoms with Gasteiger partial charge in [0.05, 0.1) is 7.11 Å². The number of ether oxygens (including phenoxy) is 1. The van der Waals surface area contributed by atoms with Crippen molar-refractivity contribution in [1.29, 1.82) is 0 Å². The van der Waals surface area contributed by atoms with Crippen LogP contribution in [0.1, 0.15) is 23.2 Å². The first-order valence-corrected chi connectivity index (χ1v) is 6.68.